The van der Waals surface area contributed by atoms with Crippen molar-refractivity contribution in [2.75, 3.05) is 6.61 Å². The van der Waals surface area contributed by atoms with Gasteiger partial charge >= 0.3 is 29.8 Å². The number of cyclic esters (lactones) is 1. The first kappa shape index (κ1) is 79.1. The molecule has 5 N–H and O–H groups in total. The normalized spacial score (nSPS) is 11.8. The van der Waals surface area contributed by atoms with Crippen molar-refractivity contribution in [3.8, 4) is 0 Å². The second-order valence-corrected chi connectivity index (χ2v) is 16.2. The van der Waals surface area contributed by atoms with E-state index in [1.54, 1.807) is 26.0 Å². The summed E-state index contributed by atoms with van der Waals surface area (Å²) in [6.45, 7) is 39.1. The average Bonchev–Trinajstić information content (AvgIpc) is 3.18. The van der Waals surface area contributed by atoms with Crippen LogP contribution in [0.2, 0.25) is 0 Å². The van der Waals surface area contributed by atoms with Crippen LogP contribution in [-0.2, 0) is 69.6 Å². The topological polar surface area (TPSA) is 196 Å². The number of allylic oxidation sites excluding steroid dienone is 14. The first-order valence-electron chi connectivity index (χ1n) is 21.5. The Hall–Kier alpha value is -3.97. The molecule has 1 rings (SSSR count). The van der Waals surface area contributed by atoms with Crippen molar-refractivity contribution in [3.05, 3.63) is 127 Å². The van der Waals surface area contributed by atoms with Crippen LogP contribution in [0.3, 0.4) is 0 Å². The smallest absolute Gasteiger partial charge is 0.306 e. The first-order valence-corrected chi connectivity index (χ1v) is 21.5. The molecule has 0 aromatic rings. The molecule has 13 heteroatoms. The Balaban J connectivity index is -0.000000104. The van der Waals surface area contributed by atoms with E-state index >= 15 is 0 Å². The quantitative estimate of drug-likeness (QED) is 0.0241. The summed E-state index contributed by atoms with van der Waals surface area (Å²) in [6.07, 6.45) is 22.1. The van der Waals surface area contributed by atoms with Crippen LogP contribution < -0.4 is 0 Å². The molecule has 0 aliphatic carbocycles. The van der Waals surface area contributed by atoms with E-state index in [0.29, 0.717) is 56.1 Å². The summed E-state index contributed by atoms with van der Waals surface area (Å²) in [4.78, 5) is 51.4. The van der Waals surface area contributed by atoms with Gasteiger partial charge in [0.15, 0.2) is 0 Å². The van der Waals surface area contributed by atoms with Gasteiger partial charge in [0.2, 0.25) is 0 Å². The molecule has 0 unspecified atom stereocenters. The van der Waals surface area contributed by atoms with Gasteiger partial charge in [0.1, 0.15) is 6.61 Å². The second kappa shape index (κ2) is 50.4. The number of aliphatic carboxylic acids is 4. The molecule has 11 nitrogen and oxygen atoms in total. The van der Waals surface area contributed by atoms with Gasteiger partial charge in [-0.05, 0) is 97.5 Å². The zero-order valence-corrected chi connectivity index (χ0v) is 45.6. The monoisotopic (exact) mass is 1110 g/mol. The van der Waals surface area contributed by atoms with Crippen LogP contribution in [0.4, 0.5) is 0 Å². The maximum Gasteiger partial charge on any atom is 0.306 e. The van der Waals surface area contributed by atoms with Crippen LogP contribution in [0.5, 0.6) is 0 Å². The summed E-state index contributed by atoms with van der Waals surface area (Å²) < 4.78 is 4.89. The molecule has 386 valence electrons. The second-order valence-electron chi connectivity index (χ2n) is 16.2. The maximum absolute atomic E-state index is 10.7. The number of hydrogen-bond acceptors (Lipinski definition) is 7. The van der Waals surface area contributed by atoms with Crippen LogP contribution in [0.25, 0.3) is 0 Å². The number of carboxylic acids is 4. The van der Waals surface area contributed by atoms with E-state index in [2.05, 4.69) is 66.2 Å². The number of ether oxygens (including phenoxy) is 1. The van der Waals surface area contributed by atoms with Gasteiger partial charge in [0.05, 0.1) is 5.60 Å². The predicted molar refractivity (Wildman–Crippen MR) is 267 cm³/mol. The third kappa shape index (κ3) is 77.3. The zero-order valence-electron chi connectivity index (χ0n) is 42.5. The summed E-state index contributed by atoms with van der Waals surface area (Å²) in [5.41, 5.74) is 6.30. The summed E-state index contributed by atoms with van der Waals surface area (Å²) in [7, 11) is 0. The van der Waals surface area contributed by atoms with Gasteiger partial charge in [-0.25, -0.2) is 0 Å². The summed E-state index contributed by atoms with van der Waals surface area (Å²) in [6, 6.07) is 0. The van der Waals surface area contributed by atoms with E-state index in [1.807, 2.05) is 71.9 Å². The Labute approximate surface area is 427 Å². The number of hydrogen-bond donors (Lipinski definition) is 5. The molecule has 1 aliphatic heterocycles. The van der Waals surface area contributed by atoms with Crippen LogP contribution in [0.15, 0.2) is 120 Å². The SMILES string of the molecule is C=C(/C=C/C(C)(C)O)CCC(=O)O.C=C(C=CC(C)C)CCC(=O)O.C=C(C=CC(C)C)CCC(=O)O.C=C(CC=C(C)C)CCC(=O)O.CC.CC(C)=CC=C1CCC(=O)OC1.[CH3-].[Pd].[Pd]. The van der Waals surface area contributed by atoms with Gasteiger partial charge in [-0.3, -0.25) is 24.0 Å². The molecule has 0 amide bonds. The van der Waals surface area contributed by atoms with Crippen LogP contribution in [0.1, 0.15) is 154 Å². The van der Waals surface area contributed by atoms with Gasteiger partial charge in [0.25, 0.3) is 0 Å². The van der Waals surface area contributed by atoms with Gasteiger partial charge in [-0.1, -0.05) is 156 Å². The number of carbonyl (C=O) groups is 5. The van der Waals surface area contributed by atoms with Crippen molar-refractivity contribution in [1.29, 1.82) is 0 Å². The van der Waals surface area contributed by atoms with E-state index in [-0.39, 0.29) is 79.9 Å². The molecule has 66 heavy (non-hydrogen) atoms. The number of carboxylic acid groups (broad SMARTS) is 4. The third-order valence-corrected chi connectivity index (χ3v) is 7.35. The number of aliphatic hydroxyl groups is 1. The Morgan fingerprint density at radius 1 is 0.636 bits per heavy atom. The van der Waals surface area contributed by atoms with Crippen molar-refractivity contribution in [1.82, 2.24) is 0 Å². The number of esters is 1. The molecule has 0 atom stereocenters. The molecule has 0 spiro atoms. The average molecular weight is 1110 g/mol. The summed E-state index contributed by atoms with van der Waals surface area (Å²) >= 11 is 0. The molecule has 1 saturated heterocycles. The Morgan fingerprint density at radius 3 is 1.29 bits per heavy atom. The molecule has 0 aromatic carbocycles. The minimum Gasteiger partial charge on any atom is -0.481 e. The van der Waals surface area contributed by atoms with Crippen molar-refractivity contribution in [2.45, 2.75) is 159 Å². The standard InChI is InChI=1S/C10H16O3.C10H14O2.3C10H16O2.C2H6.CH3.2Pd/c1-8(4-5-9(11)12)6-7-10(2,3)13;1-8(2)3-4-9-5-6-10(11)12-7-9;3*1-8(2)4-5-9(3)6-7-10(11)12;1-2;;;/h6-7,13H,1,4-5H2,2-3H3,(H,11,12);3-4H,5-7H2,1-2H3;4H,3,5-7H2,1-2H3,(H,11,12);2*4-5,8H,3,6-7H2,1-2H3,(H,11,12);1-2H3;1H3;;/q;;;;;;-1;;/b7-6+;;;;;;;;. The van der Waals surface area contributed by atoms with Gasteiger partial charge < -0.3 is 37.7 Å². The van der Waals surface area contributed by atoms with Crippen molar-refractivity contribution in [3.63, 3.8) is 0 Å². The molecular formula is C53H87O11Pd2-. The minimum atomic E-state index is -0.869. The van der Waals surface area contributed by atoms with Crippen molar-refractivity contribution in [2.24, 2.45) is 11.8 Å². The fourth-order valence-electron chi connectivity index (χ4n) is 3.76. The molecule has 1 fully saturated rings. The van der Waals surface area contributed by atoms with E-state index in [1.165, 1.54) is 16.7 Å². The largest absolute Gasteiger partial charge is 0.481 e. The fourth-order valence-corrected chi connectivity index (χ4v) is 3.76. The summed E-state index contributed by atoms with van der Waals surface area (Å²) in [5, 5.41) is 42.8. The van der Waals surface area contributed by atoms with E-state index in [0.717, 1.165) is 29.6 Å². The molecule has 0 radical (unpaired) electrons. The minimum absolute atomic E-state index is 0. The third-order valence-electron chi connectivity index (χ3n) is 7.35. The van der Waals surface area contributed by atoms with Crippen LogP contribution in [-0.4, -0.2) is 67.6 Å². The zero-order chi connectivity index (χ0) is 50.1. The Kier molecular flexibility index (Phi) is 60.5. The Bertz CT molecular complexity index is 1540. The molecular weight excluding hydrogens is 1030 g/mol. The van der Waals surface area contributed by atoms with Gasteiger partial charge in [-0.15, -0.1) is 0 Å². The predicted octanol–water partition coefficient (Wildman–Crippen LogP) is 13.4. The van der Waals surface area contributed by atoms with E-state index in [9.17, 15) is 29.1 Å². The molecule has 0 bridgehead atoms. The summed E-state index contributed by atoms with van der Waals surface area (Å²) in [5.74, 6) is -2.23. The fraction of sp³-hybridized carbons (Fsp3) is 0.509. The molecule has 1 aliphatic rings. The molecule has 0 aromatic heterocycles. The number of carbonyl (C=O) groups excluding carboxylic acids is 1. The van der Waals surface area contributed by atoms with Crippen molar-refractivity contribution >= 4 is 29.8 Å². The van der Waals surface area contributed by atoms with Gasteiger partial charge in [0, 0.05) is 72.9 Å². The van der Waals surface area contributed by atoms with E-state index in [4.69, 9.17) is 25.2 Å². The van der Waals surface area contributed by atoms with E-state index < -0.39 is 29.5 Å². The molecule has 0 saturated carbocycles. The number of rotatable bonds is 21. The maximum atomic E-state index is 10.7. The van der Waals surface area contributed by atoms with Crippen LogP contribution in [0, 0.1) is 19.3 Å². The van der Waals surface area contributed by atoms with Gasteiger partial charge in [-0.2, -0.15) is 0 Å². The Morgan fingerprint density at radius 2 is 1.00 bits per heavy atom. The van der Waals surface area contributed by atoms with Crippen LogP contribution >= 0.6 is 0 Å². The first-order chi connectivity index (χ1) is 29.1. The van der Waals surface area contributed by atoms with Crippen molar-refractivity contribution < 1.29 is 95.1 Å². The molecule has 1 heterocycles.